The van der Waals surface area contributed by atoms with Crippen LogP contribution in [0.4, 0.5) is 0 Å². The molecule has 2 rings (SSSR count). The van der Waals surface area contributed by atoms with Crippen molar-refractivity contribution in [1.82, 2.24) is 0 Å². The van der Waals surface area contributed by atoms with Crippen molar-refractivity contribution in [3.8, 4) is 12.1 Å². The third-order valence-electron chi connectivity index (χ3n) is 5.19. The molecule has 1 aliphatic rings. The summed E-state index contributed by atoms with van der Waals surface area (Å²) < 4.78 is 0. The number of rotatable bonds is 5. The maximum atomic E-state index is 12.4. The van der Waals surface area contributed by atoms with Gasteiger partial charge in [0, 0.05) is 18.1 Å². The van der Waals surface area contributed by atoms with E-state index >= 15 is 0 Å². The maximum absolute atomic E-state index is 12.4. The predicted molar refractivity (Wildman–Crippen MR) is 92.5 cm³/mol. The fraction of sp³-hybridized carbons (Fsp3) is 0.421. The molecule has 2 N–H and O–H groups in total. The van der Waals surface area contributed by atoms with E-state index in [1.807, 2.05) is 12.1 Å². The molecule has 134 valence electrons. The van der Waals surface area contributed by atoms with Gasteiger partial charge in [-0.1, -0.05) is 12.1 Å². The molecule has 7 heteroatoms. The lowest BCUT2D eigenvalue weighted by Crippen LogP contribution is -2.54. The molecule has 7 nitrogen and oxygen atoms in total. The summed E-state index contributed by atoms with van der Waals surface area (Å²) in [7, 11) is 0. The number of nitriles is 2. The van der Waals surface area contributed by atoms with Crippen LogP contribution in [0.2, 0.25) is 0 Å². The number of carboxylic acid groups (broad SMARTS) is 2. The molecule has 1 aromatic carbocycles. The molecule has 0 aromatic heterocycles. The zero-order chi connectivity index (χ0) is 19.5. The summed E-state index contributed by atoms with van der Waals surface area (Å²) in [6.45, 7) is 3.23. The summed E-state index contributed by atoms with van der Waals surface area (Å²) in [6, 6.07) is 9.52. The molecule has 0 aliphatic carbocycles. The van der Waals surface area contributed by atoms with Crippen molar-refractivity contribution in [2.75, 3.05) is 0 Å². The Bertz CT molecular complexity index is 832. The third-order valence-corrected chi connectivity index (χ3v) is 5.19. The molecule has 0 radical (unpaired) electrons. The number of hydrogen-bond acceptors (Lipinski definition) is 5. The highest BCUT2D eigenvalue weighted by molar-refractivity contribution is 6.03. The number of hydrogen-bond donors (Lipinski definition) is 2. The van der Waals surface area contributed by atoms with Gasteiger partial charge in [-0.2, -0.15) is 10.5 Å². The van der Waals surface area contributed by atoms with Crippen LogP contribution >= 0.6 is 0 Å². The van der Waals surface area contributed by atoms with Crippen LogP contribution in [0.15, 0.2) is 29.3 Å². The Morgan fingerprint density at radius 3 is 2.31 bits per heavy atom. The van der Waals surface area contributed by atoms with E-state index in [9.17, 15) is 19.8 Å². The number of carboxylic acids is 2. The maximum Gasteiger partial charge on any atom is 0.312 e. The van der Waals surface area contributed by atoms with Gasteiger partial charge in [-0.05, 0) is 38.0 Å². The predicted octanol–water partition coefficient (Wildman–Crippen LogP) is 2.58. The zero-order valence-corrected chi connectivity index (χ0v) is 14.5. The van der Waals surface area contributed by atoms with E-state index in [1.165, 1.54) is 12.1 Å². The van der Waals surface area contributed by atoms with Crippen LogP contribution in [0.3, 0.4) is 0 Å². The number of benzene rings is 1. The van der Waals surface area contributed by atoms with E-state index in [4.69, 9.17) is 10.5 Å². The highest BCUT2D eigenvalue weighted by Crippen LogP contribution is 2.51. The smallest absolute Gasteiger partial charge is 0.312 e. The molecule has 4 unspecified atom stereocenters. The largest absolute Gasteiger partial charge is 0.481 e. The van der Waals surface area contributed by atoms with Gasteiger partial charge in [-0.3, -0.25) is 14.6 Å². The van der Waals surface area contributed by atoms with Gasteiger partial charge in [0.2, 0.25) is 0 Å². The second kappa shape index (κ2) is 7.37. The van der Waals surface area contributed by atoms with Gasteiger partial charge >= 0.3 is 11.9 Å². The second-order valence-corrected chi connectivity index (χ2v) is 6.48. The zero-order valence-electron chi connectivity index (χ0n) is 14.5. The fourth-order valence-corrected chi connectivity index (χ4v) is 3.92. The fourth-order valence-electron chi connectivity index (χ4n) is 3.92. The molecule has 1 heterocycles. The summed E-state index contributed by atoms with van der Waals surface area (Å²) >= 11 is 0. The molecule has 0 bridgehead atoms. The van der Waals surface area contributed by atoms with E-state index in [0.717, 1.165) is 0 Å². The highest BCUT2D eigenvalue weighted by atomic mass is 16.4. The van der Waals surface area contributed by atoms with Crippen LogP contribution in [0.1, 0.15) is 43.7 Å². The van der Waals surface area contributed by atoms with Crippen molar-refractivity contribution in [2.45, 2.75) is 38.6 Å². The minimum Gasteiger partial charge on any atom is -0.481 e. The van der Waals surface area contributed by atoms with Crippen LogP contribution in [0.5, 0.6) is 0 Å². The normalized spacial score (nSPS) is 27.7. The first kappa shape index (κ1) is 19.1. The molecule has 0 amide bonds. The van der Waals surface area contributed by atoms with Crippen molar-refractivity contribution in [3.05, 3.63) is 35.4 Å². The second-order valence-electron chi connectivity index (χ2n) is 6.48. The number of aliphatic imine (C=N–C) groups is 1. The SMILES string of the molecule is CC1=NC(C)C(CCC#N)(C(=O)O)C(c2ccc(C#N)cc2)C1C(=O)O. The quantitative estimate of drug-likeness (QED) is 0.835. The van der Waals surface area contributed by atoms with Crippen LogP contribution in [0, 0.1) is 34.0 Å². The van der Waals surface area contributed by atoms with Gasteiger partial charge in [0.25, 0.3) is 0 Å². The number of carbonyl (C=O) groups is 2. The number of aliphatic carboxylic acids is 2. The van der Waals surface area contributed by atoms with Gasteiger partial charge in [-0.25, -0.2) is 0 Å². The molecule has 0 saturated heterocycles. The van der Waals surface area contributed by atoms with Gasteiger partial charge in [-0.15, -0.1) is 0 Å². The Morgan fingerprint density at radius 1 is 1.23 bits per heavy atom. The summed E-state index contributed by atoms with van der Waals surface area (Å²) in [5.74, 6) is -4.34. The molecule has 0 saturated carbocycles. The van der Waals surface area contributed by atoms with Crippen molar-refractivity contribution < 1.29 is 19.8 Å². The lowest BCUT2D eigenvalue weighted by molar-refractivity contribution is -0.155. The summed E-state index contributed by atoms with van der Waals surface area (Å²) in [5.41, 5.74) is -0.259. The molecule has 4 atom stereocenters. The van der Waals surface area contributed by atoms with Gasteiger partial charge < -0.3 is 10.2 Å². The minimum absolute atomic E-state index is 0.00870. The molecule has 26 heavy (non-hydrogen) atoms. The van der Waals surface area contributed by atoms with E-state index < -0.39 is 35.2 Å². The summed E-state index contributed by atoms with van der Waals surface area (Å²) in [6.07, 6.45) is -0.0322. The van der Waals surface area contributed by atoms with Gasteiger partial charge in [0.1, 0.15) is 5.92 Å². The first-order chi connectivity index (χ1) is 12.3. The Balaban J connectivity index is 2.75. The molecule has 0 fully saturated rings. The van der Waals surface area contributed by atoms with Gasteiger partial charge in [0.05, 0.1) is 29.2 Å². The number of nitrogens with zero attached hydrogens (tertiary/aromatic N) is 3. The first-order valence-electron chi connectivity index (χ1n) is 8.17. The van der Waals surface area contributed by atoms with E-state index in [2.05, 4.69) is 4.99 Å². The first-order valence-corrected chi connectivity index (χ1v) is 8.17. The van der Waals surface area contributed by atoms with Crippen LogP contribution in [0.25, 0.3) is 0 Å². The Hall–Kier alpha value is -3.19. The minimum atomic E-state index is -1.52. The standard InChI is InChI=1S/C19H19N3O4/c1-11-15(17(23)24)16(14-6-4-13(10-21)5-7-14)19(18(25)26,8-3-9-20)12(2)22-11/h4-7,12,15-16H,3,8H2,1-2H3,(H,23,24)(H,25,26). The van der Waals surface area contributed by atoms with Crippen molar-refractivity contribution in [1.29, 1.82) is 10.5 Å². The molecule has 1 aromatic rings. The van der Waals surface area contributed by atoms with Crippen molar-refractivity contribution in [3.63, 3.8) is 0 Å². The highest BCUT2D eigenvalue weighted by Gasteiger charge is 2.57. The Morgan fingerprint density at radius 2 is 1.85 bits per heavy atom. The lowest BCUT2D eigenvalue weighted by atomic mass is 9.58. The molecule has 0 spiro atoms. The average molecular weight is 353 g/mol. The van der Waals surface area contributed by atoms with E-state index in [1.54, 1.807) is 26.0 Å². The van der Waals surface area contributed by atoms with Crippen LogP contribution in [-0.4, -0.2) is 33.9 Å². The summed E-state index contributed by atoms with van der Waals surface area (Å²) in [5, 5.41) is 37.8. The molecule has 1 aliphatic heterocycles. The van der Waals surface area contributed by atoms with E-state index in [0.29, 0.717) is 16.8 Å². The monoisotopic (exact) mass is 353 g/mol. The Labute approximate surface area is 151 Å². The Kier molecular flexibility index (Phi) is 5.42. The lowest BCUT2D eigenvalue weighted by Gasteiger charge is -2.46. The third kappa shape index (κ3) is 3.04. The van der Waals surface area contributed by atoms with E-state index in [-0.39, 0.29) is 12.8 Å². The van der Waals surface area contributed by atoms with Gasteiger partial charge in [0.15, 0.2) is 0 Å². The summed E-state index contributed by atoms with van der Waals surface area (Å²) in [4.78, 5) is 28.6. The van der Waals surface area contributed by atoms with Crippen molar-refractivity contribution in [2.24, 2.45) is 16.3 Å². The van der Waals surface area contributed by atoms with Crippen molar-refractivity contribution >= 4 is 17.7 Å². The topological polar surface area (TPSA) is 135 Å². The molecular formula is C19H19N3O4. The van der Waals surface area contributed by atoms with Crippen LogP contribution in [-0.2, 0) is 9.59 Å². The van der Waals surface area contributed by atoms with Crippen LogP contribution < -0.4 is 0 Å². The molecular weight excluding hydrogens is 334 g/mol. The average Bonchev–Trinajstić information content (AvgIpc) is 2.60.